The molecule has 1 saturated heterocycles. The van der Waals surface area contributed by atoms with Gasteiger partial charge >= 0.3 is 0 Å². The SMILES string of the molecule is CCNC(=O)[C@@]1(Cc2ccc(-c3cccnc3)cc2)CN(C(=O)C2CCCCC2)CCO1. The molecule has 0 unspecified atom stereocenters. The lowest BCUT2D eigenvalue weighted by Gasteiger charge is -2.43. The Morgan fingerprint density at radius 3 is 2.59 bits per heavy atom. The summed E-state index contributed by atoms with van der Waals surface area (Å²) in [6, 6.07) is 12.1. The molecule has 4 rings (SSSR count). The molecule has 1 aliphatic carbocycles. The average molecular weight is 436 g/mol. The van der Waals surface area contributed by atoms with Gasteiger partial charge in [0.25, 0.3) is 5.91 Å². The number of hydrogen-bond donors (Lipinski definition) is 1. The van der Waals surface area contributed by atoms with Crippen molar-refractivity contribution in [2.24, 2.45) is 5.92 Å². The highest BCUT2D eigenvalue weighted by Gasteiger charge is 2.45. The summed E-state index contributed by atoms with van der Waals surface area (Å²) in [4.78, 5) is 32.4. The summed E-state index contributed by atoms with van der Waals surface area (Å²) in [7, 11) is 0. The first-order valence-electron chi connectivity index (χ1n) is 11.8. The first-order valence-corrected chi connectivity index (χ1v) is 11.8. The summed E-state index contributed by atoms with van der Waals surface area (Å²) < 4.78 is 6.15. The minimum Gasteiger partial charge on any atom is -0.361 e. The molecule has 0 spiro atoms. The number of hydrogen-bond acceptors (Lipinski definition) is 4. The quantitative estimate of drug-likeness (QED) is 0.753. The third-order valence-corrected chi connectivity index (χ3v) is 6.64. The van der Waals surface area contributed by atoms with Crippen LogP contribution >= 0.6 is 0 Å². The lowest BCUT2D eigenvalue weighted by atomic mass is 9.86. The molecule has 0 radical (unpaired) electrons. The van der Waals surface area contributed by atoms with Crippen LogP contribution in [0.15, 0.2) is 48.8 Å². The van der Waals surface area contributed by atoms with Crippen molar-refractivity contribution in [3.8, 4) is 11.1 Å². The largest absolute Gasteiger partial charge is 0.361 e. The van der Waals surface area contributed by atoms with Crippen LogP contribution in [0, 0.1) is 5.92 Å². The predicted octanol–water partition coefficient (Wildman–Crippen LogP) is 3.61. The van der Waals surface area contributed by atoms with Crippen LogP contribution < -0.4 is 5.32 Å². The van der Waals surface area contributed by atoms with Crippen molar-refractivity contribution in [2.75, 3.05) is 26.2 Å². The zero-order valence-corrected chi connectivity index (χ0v) is 18.9. The molecule has 170 valence electrons. The van der Waals surface area contributed by atoms with E-state index in [9.17, 15) is 9.59 Å². The predicted molar refractivity (Wildman–Crippen MR) is 124 cm³/mol. The van der Waals surface area contributed by atoms with Crippen molar-refractivity contribution in [2.45, 2.75) is 51.0 Å². The fourth-order valence-corrected chi connectivity index (χ4v) is 4.90. The second-order valence-corrected chi connectivity index (χ2v) is 8.91. The van der Waals surface area contributed by atoms with E-state index >= 15 is 0 Å². The zero-order valence-electron chi connectivity index (χ0n) is 18.9. The standard InChI is InChI=1S/C26H33N3O3/c1-2-28-25(31)26(17-20-10-12-21(13-11-20)23-9-6-14-27-18-23)19-29(15-16-32-26)24(30)22-7-4-3-5-8-22/h6,9-14,18,22H,2-5,7-8,15-17,19H2,1H3,(H,28,31)/t26-/m1/s1. The molecular weight excluding hydrogens is 402 g/mol. The second kappa shape index (κ2) is 10.3. The maximum absolute atomic E-state index is 13.2. The molecule has 1 N–H and O–H groups in total. The van der Waals surface area contributed by atoms with Crippen LogP contribution in [-0.4, -0.2) is 53.5 Å². The lowest BCUT2D eigenvalue weighted by molar-refractivity contribution is -0.168. The number of ether oxygens (including phenoxy) is 1. The fourth-order valence-electron chi connectivity index (χ4n) is 4.90. The summed E-state index contributed by atoms with van der Waals surface area (Å²) in [5, 5.41) is 2.94. The number of likely N-dealkylation sites (N-methyl/N-ethyl adjacent to an activating group) is 1. The molecule has 2 amide bonds. The Hall–Kier alpha value is -2.73. The minimum atomic E-state index is -1.06. The van der Waals surface area contributed by atoms with Crippen molar-refractivity contribution in [3.63, 3.8) is 0 Å². The van der Waals surface area contributed by atoms with E-state index in [1.54, 1.807) is 6.20 Å². The minimum absolute atomic E-state index is 0.0903. The van der Waals surface area contributed by atoms with E-state index < -0.39 is 5.60 Å². The Balaban J connectivity index is 1.53. The molecule has 0 bridgehead atoms. The summed E-state index contributed by atoms with van der Waals surface area (Å²) in [6.07, 6.45) is 9.39. The van der Waals surface area contributed by atoms with E-state index in [1.807, 2.05) is 54.4 Å². The summed E-state index contributed by atoms with van der Waals surface area (Å²) in [5.41, 5.74) is 2.08. The number of pyridine rings is 1. The summed E-state index contributed by atoms with van der Waals surface area (Å²) in [6.45, 7) is 3.67. The highest BCUT2D eigenvalue weighted by atomic mass is 16.5. The number of carbonyl (C=O) groups excluding carboxylic acids is 2. The molecule has 2 fully saturated rings. The van der Waals surface area contributed by atoms with Crippen LogP contribution in [0.25, 0.3) is 11.1 Å². The third-order valence-electron chi connectivity index (χ3n) is 6.64. The van der Waals surface area contributed by atoms with Crippen LogP contribution in [0.3, 0.4) is 0 Å². The number of amides is 2. The van der Waals surface area contributed by atoms with Crippen molar-refractivity contribution in [1.82, 2.24) is 15.2 Å². The second-order valence-electron chi connectivity index (χ2n) is 8.91. The van der Waals surface area contributed by atoms with Gasteiger partial charge in [-0.2, -0.15) is 0 Å². The Bertz CT molecular complexity index is 910. The molecule has 2 aliphatic rings. The molecule has 1 aromatic carbocycles. The van der Waals surface area contributed by atoms with Crippen LogP contribution in [0.5, 0.6) is 0 Å². The van der Waals surface area contributed by atoms with Gasteiger partial charge < -0.3 is 15.0 Å². The maximum atomic E-state index is 13.2. The number of benzene rings is 1. The number of nitrogens with one attached hydrogen (secondary N) is 1. The molecule has 32 heavy (non-hydrogen) atoms. The normalized spacial score (nSPS) is 21.8. The van der Waals surface area contributed by atoms with Crippen molar-refractivity contribution < 1.29 is 14.3 Å². The monoisotopic (exact) mass is 435 g/mol. The van der Waals surface area contributed by atoms with Gasteiger partial charge in [-0.1, -0.05) is 49.6 Å². The molecule has 2 heterocycles. The molecule has 6 heteroatoms. The number of aromatic nitrogens is 1. The van der Waals surface area contributed by atoms with Gasteiger partial charge in [0.05, 0.1) is 13.2 Å². The molecule has 6 nitrogen and oxygen atoms in total. The average Bonchev–Trinajstić information content (AvgIpc) is 2.85. The van der Waals surface area contributed by atoms with E-state index in [0.717, 1.165) is 42.4 Å². The van der Waals surface area contributed by atoms with Gasteiger partial charge in [0.15, 0.2) is 5.60 Å². The van der Waals surface area contributed by atoms with Gasteiger partial charge in [-0.15, -0.1) is 0 Å². The lowest BCUT2D eigenvalue weighted by Crippen LogP contribution is -2.62. The molecule has 1 atom stereocenters. The van der Waals surface area contributed by atoms with Crippen molar-refractivity contribution in [1.29, 1.82) is 0 Å². The molecule has 1 saturated carbocycles. The van der Waals surface area contributed by atoms with Crippen LogP contribution in [0.2, 0.25) is 0 Å². The number of carbonyl (C=O) groups is 2. The van der Waals surface area contributed by atoms with E-state index in [1.165, 1.54) is 6.42 Å². The fraction of sp³-hybridized carbons (Fsp3) is 0.500. The van der Waals surface area contributed by atoms with Gasteiger partial charge in [-0.25, -0.2) is 0 Å². The van der Waals surface area contributed by atoms with Crippen LogP contribution in [-0.2, 0) is 20.7 Å². The highest BCUT2D eigenvalue weighted by Crippen LogP contribution is 2.30. The Morgan fingerprint density at radius 2 is 1.91 bits per heavy atom. The topological polar surface area (TPSA) is 71.5 Å². The Labute approximate surface area is 190 Å². The van der Waals surface area contributed by atoms with Crippen LogP contribution in [0.1, 0.15) is 44.6 Å². The summed E-state index contributed by atoms with van der Waals surface area (Å²) in [5.74, 6) is 0.138. The first kappa shape index (κ1) is 22.5. The maximum Gasteiger partial charge on any atom is 0.254 e. The number of nitrogens with zero attached hydrogens (tertiary/aromatic N) is 2. The van der Waals surface area contributed by atoms with Crippen molar-refractivity contribution >= 4 is 11.8 Å². The third kappa shape index (κ3) is 5.01. The zero-order chi connectivity index (χ0) is 22.4. The molecule has 2 aromatic rings. The number of rotatable bonds is 6. The molecule has 1 aromatic heterocycles. The van der Waals surface area contributed by atoms with E-state index in [2.05, 4.69) is 10.3 Å². The molecule has 1 aliphatic heterocycles. The van der Waals surface area contributed by atoms with E-state index in [0.29, 0.717) is 32.7 Å². The molecular formula is C26H33N3O3. The highest BCUT2D eigenvalue weighted by molar-refractivity contribution is 5.87. The van der Waals surface area contributed by atoms with E-state index in [-0.39, 0.29) is 17.7 Å². The van der Waals surface area contributed by atoms with Gasteiger partial charge in [0.2, 0.25) is 5.91 Å². The van der Waals surface area contributed by atoms with Crippen molar-refractivity contribution in [3.05, 3.63) is 54.4 Å². The van der Waals surface area contributed by atoms with Gasteiger partial charge in [-0.05, 0) is 42.5 Å². The Kier molecular flexibility index (Phi) is 7.20. The smallest absolute Gasteiger partial charge is 0.254 e. The number of morpholine rings is 1. The first-order chi connectivity index (χ1) is 15.6. The van der Waals surface area contributed by atoms with Gasteiger partial charge in [0.1, 0.15) is 0 Å². The van der Waals surface area contributed by atoms with Crippen LogP contribution in [0.4, 0.5) is 0 Å². The summed E-state index contributed by atoms with van der Waals surface area (Å²) >= 11 is 0. The van der Waals surface area contributed by atoms with Gasteiger partial charge in [0, 0.05) is 37.8 Å². The van der Waals surface area contributed by atoms with Gasteiger partial charge in [-0.3, -0.25) is 14.6 Å². The Morgan fingerprint density at radius 1 is 1.12 bits per heavy atom. The van der Waals surface area contributed by atoms with E-state index in [4.69, 9.17) is 4.74 Å².